The van der Waals surface area contributed by atoms with Crippen molar-refractivity contribution in [1.82, 2.24) is 19.9 Å². The zero-order valence-corrected chi connectivity index (χ0v) is 16.9. The Morgan fingerprint density at radius 1 is 1.46 bits per heavy atom. The summed E-state index contributed by atoms with van der Waals surface area (Å²) >= 11 is -0.274. The predicted molar refractivity (Wildman–Crippen MR) is 98.9 cm³/mol. The summed E-state index contributed by atoms with van der Waals surface area (Å²) in [6.07, 6.45) is 0.866. The summed E-state index contributed by atoms with van der Waals surface area (Å²) in [5.74, 6) is 0.151. The van der Waals surface area contributed by atoms with E-state index in [-0.39, 0.29) is 17.9 Å². The molecular formula is C15H22N4O5S2. The minimum absolute atomic E-state index is 0.0986. The van der Waals surface area contributed by atoms with Crippen molar-refractivity contribution in [2.75, 3.05) is 12.8 Å². The monoisotopic (exact) mass is 402 g/mol. The van der Waals surface area contributed by atoms with Crippen molar-refractivity contribution in [1.29, 1.82) is 0 Å². The first kappa shape index (κ1) is 20.6. The molecule has 0 bridgehead atoms. The van der Waals surface area contributed by atoms with Gasteiger partial charge in [0.25, 0.3) is 5.56 Å². The van der Waals surface area contributed by atoms with Crippen molar-refractivity contribution in [3.63, 3.8) is 0 Å². The van der Waals surface area contributed by atoms with Gasteiger partial charge in [0.1, 0.15) is 24.3 Å². The number of aliphatic hydroxyl groups excluding tert-OH is 1. The average Bonchev–Trinajstić information content (AvgIpc) is 2.95. The van der Waals surface area contributed by atoms with Gasteiger partial charge in [0.05, 0.1) is 6.04 Å². The Morgan fingerprint density at radius 2 is 2.12 bits per heavy atom. The molecular weight excluding hydrogens is 380 g/mol. The highest BCUT2D eigenvalue weighted by Crippen LogP contribution is 2.22. The van der Waals surface area contributed by atoms with Crippen LogP contribution in [0.3, 0.4) is 0 Å². The van der Waals surface area contributed by atoms with Crippen LogP contribution in [0.2, 0.25) is 0 Å². The molecule has 0 aliphatic heterocycles. The molecule has 0 radical (unpaired) electrons. The van der Waals surface area contributed by atoms with Crippen LogP contribution in [0.1, 0.15) is 39.6 Å². The lowest BCUT2D eigenvalue weighted by atomic mass is 10.2. The van der Waals surface area contributed by atoms with Gasteiger partial charge in [-0.3, -0.25) is 9.36 Å². The van der Waals surface area contributed by atoms with E-state index in [1.807, 2.05) is 0 Å². The predicted octanol–water partition coefficient (Wildman–Crippen LogP) is 1.17. The number of hydrogen-bond acceptors (Lipinski definition) is 8. The molecule has 0 spiro atoms. The molecule has 2 aromatic heterocycles. The summed E-state index contributed by atoms with van der Waals surface area (Å²) in [4.78, 5) is 33.3. The molecule has 11 heteroatoms. The molecule has 0 saturated heterocycles. The van der Waals surface area contributed by atoms with E-state index in [1.54, 1.807) is 27.7 Å². The number of ether oxygens (including phenoxy) is 1. The van der Waals surface area contributed by atoms with Crippen molar-refractivity contribution >= 4 is 39.0 Å². The van der Waals surface area contributed by atoms with Crippen molar-refractivity contribution in [3.05, 3.63) is 16.2 Å². The van der Waals surface area contributed by atoms with E-state index in [2.05, 4.69) is 15.3 Å². The van der Waals surface area contributed by atoms with E-state index in [0.717, 1.165) is 11.3 Å². The second-order valence-electron chi connectivity index (χ2n) is 6.68. The molecule has 0 fully saturated rings. The summed E-state index contributed by atoms with van der Waals surface area (Å²) in [6, 6.07) is -0.494. The van der Waals surface area contributed by atoms with Crippen LogP contribution in [-0.2, 0) is 22.5 Å². The van der Waals surface area contributed by atoms with Gasteiger partial charge in [0, 0.05) is 17.7 Å². The van der Waals surface area contributed by atoms with E-state index in [9.17, 15) is 19.2 Å². The zero-order valence-electron chi connectivity index (χ0n) is 15.2. The first-order valence-electron chi connectivity index (χ1n) is 7.86. The molecule has 2 rings (SSSR count). The van der Waals surface area contributed by atoms with Crippen molar-refractivity contribution in [2.24, 2.45) is 0 Å². The number of carbonyl (C=O) groups excluding carboxylic acids is 1. The fourth-order valence-electron chi connectivity index (χ4n) is 2.24. The Morgan fingerprint density at radius 3 is 2.65 bits per heavy atom. The maximum Gasteiger partial charge on any atom is 0.407 e. The van der Waals surface area contributed by atoms with Gasteiger partial charge in [-0.25, -0.2) is 9.78 Å². The maximum atomic E-state index is 12.8. The highest BCUT2D eigenvalue weighted by atomic mass is 32.2. The van der Waals surface area contributed by atoms with Gasteiger partial charge in [-0.15, -0.1) is 0 Å². The Kier molecular flexibility index (Phi) is 6.27. The highest BCUT2D eigenvalue weighted by Gasteiger charge is 2.22. The SMILES string of the molecule is C[C@H](CNC(=O)OC(C)(C)C)n1c(CO)nc2sc([S+](C)[O-])nc2c1=O. The normalized spacial score (nSPS) is 14.3. The summed E-state index contributed by atoms with van der Waals surface area (Å²) in [7, 11) is 0. The standard InChI is InChI=1S/C15H22N4O5S2/c1-8(6-16-13(22)24-15(2,3)4)19-9(7-20)17-11-10(12(19)21)18-14(25-11)26(5)23/h8,20H,6-7H2,1-5H3,(H,16,22)/t8-,26?/m1/s1. The number of carbonyl (C=O) groups is 1. The summed E-state index contributed by atoms with van der Waals surface area (Å²) in [5, 5.41) is 12.2. The number of nitrogens with zero attached hydrogens (tertiary/aromatic N) is 3. The van der Waals surface area contributed by atoms with E-state index in [1.165, 1.54) is 10.8 Å². The summed E-state index contributed by atoms with van der Waals surface area (Å²) in [6.45, 7) is 6.60. The molecule has 26 heavy (non-hydrogen) atoms. The molecule has 0 aromatic carbocycles. The van der Waals surface area contributed by atoms with Crippen LogP contribution in [0.15, 0.2) is 9.13 Å². The van der Waals surface area contributed by atoms with E-state index < -0.39 is 41.1 Å². The number of aliphatic hydroxyl groups is 1. The Labute approximate surface area is 157 Å². The van der Waals surface area contributed by atoms with Crippen LogP contribution in [0.25, 0.3) is 10.3 Å². The van der Waals surface area contributed by atoms with E-state index in [4.69, 9.17) is 4.74 Å². The first-order valence-corrected chi connectivity index (χ1v) is 10.2. The fraction of sp³-hybridized carbons (Fsp3) is 0.600. The van der Waals surface area contributed by atoms with Crippen LogP contribution in [0.4, 0.5) is 4.79 Å². The molecule has 1 unspecified atom stereocenters. The molecule has 0 aliphatic carbocycles. The summed E-state index contributed by atoms with van der Waals surface area (Å²) < 4.78 is 18.3. The Hall–Kier alpha value is -1.69. The number of thiazole rings is 1. The van der Waals surface area contributed by atoms with Crippen molar-refractivity contribution in [3.8, 4) is 0 Å². The van der Waals surface area contributed by atoms with Crippen LogP contribution in [-0.4, -0.2) is 48.7 Å². The second-order valence-corrected chi connectivity index (χ2v) is 9.21. The minimum atomic E-state index is -1.33. The quantitative estimate of drug-likeness (QED) is 0.718. The first-order chi connectivity index (χ1) is 12.0. The number of alkyl carbamates (subject to hydrolysis) is 1. The Balaban J connectivity index is 2.31. The highest BCUT2D eigenvalue weighted by molar-refractivity contribution is 7.92. The number of hydrogen-bond donors (Lipinski definition) is 2. The molecule has 2 heterocycles. The number of aromatic nitrogens is 3. The van der Waals surface area contributed by atoms with E-state index >= 15 is 0 Å². The number of fused-ring (bicyclic) bond motifs is 1. The van der Waals surface area contributed by atoms with Gasteiger partial charge in [-0.2, -0.15) is 4.98 Å². The smallest absolute Gasteiger partial charge is 0.407 e. The lowest BCUT2D eigenvalue weighted by Crippen LogP contribution is -2.38. The van der Waals surface area contributed by atoms with Crippen LogP contribution in [0.5, 0.6) is 0 Å². The molecule has 0 saturated carbocycles. The third-order valence-electron chi connectivity index (χ3n) is 3.29. The summed E-state index contributed by atoms with van der Waals surface area (Å²) in [5.41, 5.74) is -0.986. The van der Waals surface area contributed by atoms with Gasteiger partial charge in [-0.05, 0) is 39.0 Å². The van der Waals surface area contributed by atoms with Gasteiger partial charge >= 0.3 is 10.4 Å². The molecule has 1 amide bonds. The maximum absolute atomic E-state index is 12.8. The topological polar surface area (TPSA) is 129 Å². The lowest BCUT2D eigenvalue weighted by molar-refractivity contribution is 0.0520. The van der Waals surface area contributed by atoms with Gasteiger partial charge in [-0.1, -0.05) is 0 Å². The molecule has 2 aromatic rings. The number of amides is 1. The average molecular weight is 402 g/mol. The molecule has 2 N–H and O–H groups in total. The van der Waals surface area contributed by atoms with Crippen LogP contribution < -0.4 is 10.9 Å². The van der Waals surface area contributed by atoms with Crippen LogP contribution >= 0.6 is 11.3 Å². The van der Waals surface area contributed by atoms with Gasteiger partial charge < -0.3 is 19.7 Å². The lowest BCUT2D eigenvalue weighted by Gasteiger charge is -2.22. The number of rotatable bonds is 5. The largest absolute Gasteiger partial charge is 0.610 e. The van der Waals surface area contributed by atoms with Crippen molar-refractivity contribution in [2.45, 2.75) is 50.3 Å². The van der Waals surface area contributed by atoms with Crippen molar-refractivity contribution < 1.29 is 19.2 Å². The molecule has 2 atom stereocenters. The number of nitrogens with one attached hydrogen (secondary N) is 1. The van der Waals surface area contributed by atoms with Crippen LogP contribution in [0, 0.1) is 0 Å². The van der Waals surface area contributed by atoms with Gasteiger partial charge in [0.15, 0.2) is 10.3 Å². The van der Waals surface area contributed by atoms with Gasteiger partial charge in [0.2, 0.25) is 0 Å². The second kappa shape index (κ2) is 7.91. The zero-order chi connectivity index (χ0) is 19.6. The third-order valence-corrected chi connectivity index (χ3v) is 5.57. The third kappa shape index (κ3) is 4.72. The minimum Gasteiger partial charge on any atom is -0.610 e. The molecule has 144 valence electrons. The van der Waals surface area contributed by atoms with E-state index in [0.29, 0.717) is 9.17 Å². The molecule has 9 nitrogen and oxygen atoms in total. The fourth-order valence-corrected chi connectivity index (χ4v) is 3.85. The molecule has 0 aliphatic rings. The Bertz CT molecular complexity index is 856.